The van der Waals surface area contributed by atoms with Gasteiger partial charge in [-0.3, -0.25) is 4.79 Å². The summed E-state index contributed by atoms with van der Waals surface area (Å²) in [6, 6.07) is 16.8. The molecule has 162 valence electrons. The lowest BCUT2D eigenvalue weighted by molar-refractivity contribution is -0.144. The first kappa shape index (κ1) is 23.4. The SMILES string of the molecule is CCC(=O)Oc1ccc(COC(=O)N[C@@H](CCc2ccccc2)C(=O)OCC#N)cc1. The van der Waals surface area contributed by atoms with Gasteiger partial charge in [-0.2, -0.15) is 5.26 Å². The van der Waals surface area contributed by atoms with Gasteiger partial charge < -0.3 is 19.5 Å². The van der Waals surface area contributed by atoms with Crippen molar-refractivity contribution >= 4 is 18.0 Å². The van der Waals surface area contributed by atoms with Crippen LogP contribution in [0.15, 0.2) is 54.6 Å². The normalized spacial score (nSPS) is 11.0. The van der Waals surface area contributed by atoms with Crippen molar-refractivity contribution < 1.29 is 28.6 Å². The van der Waals surface area contributed by atoms with Crippen LogP contribution in [0.25, 0.3) is 0 Å². The van der Waals surface area contributed by atoms with Gasteiger partial charge in [-0.1, -0.05) is 49.4 Å². The predicted molar refractivity (Wildman–Crippen MR) is 111 cm³/mol. The number of rotatable bonds is 10. The highest BCUT2D eigenvalue weighted by Crippen LogP contribution is 2.14. The molecule has 0 aliphatic rings. The summed E-state index contributed by atoms with van der Waals surface area (Å²) in [5.41, 5.74) is 1.68. The second-order valence-electron chi connectivity index (χ2n) is 6.53. The van der Waals surface area contributed by atoms with Crippen LogP contribution in [-0.4, -0.2) is 30.7 Å². The van der Waals surface area contributed by atoms with Gasteiger partial charge in [0.05, 0.1) is 0 Å². The fourth-order valence-corrected chi connectivity index (χ4v) is 2.60. The number of carbonyl (C=O) groups excluding carboxylic acids is 3. The minimum Gasteiger partial charge on any atom is -0.449 e. The standard InChI is InChI=1S/C23H24N2O6/c1-2-21(26)31-19-11-8-18(9-12-19)16-30-23(28)25-20(22(27)29-15-14-24)13-10-17-6-4-3-5-7-17/h3-9,11-12,20H,2,10,13,15-16H2,1H3,(H,25,28)/t20-/m0/s1. The van der Waals surface area contributed by atoms with Crippen molar-refractivity contribution in [3.63, 3.8) is 0 Å². The average molecular weight is 424 g/mol. The lowest BCUT2D eigenvalue weighted by Crippen LogP contribution is -2.42. The van der Waals surface area contributed by atoms with Crippen molar-refractivity contribution in [2.45, 2.75) is 38.8 Å². The van der Waals surface area contributed by atoms with Crippen LogP contribution in [0.5, 0.6) is 5.75 Å². The van der Waals surface area contributed by atoms with Gasteiger partial charge in [0.25, 0.3) is 0 Å². The summed E-state index contributed by atoms with van der Waals surface area (Å²) < 4.78 is 15.1. The molecule has 0 fully saturated rings. The van der Waals surface area contributed by atoms with Crippen LogP contribution in [-0.2, 0) is 32.1 Å². The third-order valence-corrected chi connectivity index (χ3v) is 4.23. The van der Waals surface area contributed by atoms with Gasteiger partial charge in [0.2, 0.25) is 0 Å². The molecule has 0 aliphatic heterocycles. The summed E-state index contributed by atoms with van der Waals surface area (Å²) in [5, 5.41) is 11.1. The van der Waals surface area contributed by atoms with E-state index in [0.717, 1.165) is 5.56 Å². The summed E-state index contributed by atoms with van der Waals surface area (Å²) in [7, 11) is 0. The fourth-order valence-electron chi connectivity index (χ4n) is 2.60. The molecule has 1 amide bonds. The highest BCUT2D eigenvalue weighted by molar-refractivity contribution is 5.81. The van der Waals surface area contributed by atoms with E-state index in [-0.39, 0.29) is 19.0 Å². The van der Waals surface area contributed by atoms with Crippen LogP contribution in [0.4, 0.5) is 4.79 Å². The van der Waals surface area contributed by atoms with Gasteiger partial charge in [0, 0.05) is 6.42 Å². The Bertz CT molecular complexity index is 906. The molecule has 0 unspecified atom stereocenters. The zero-order valence-corrected chi connectivity index (χ0v) is 17.2. The van der Waals surface area contributed by atoms with Gasteiger partial charge in [-0.05, 0) is 36.1 Å². The van der Waals surface area contributed by atoms with Crippen LogP contribution in [0.1, 0.15) is 30.9 Å². The van der Waals surface area contributed by atoms with Crippen molar-refractivity contribution in [1.82, 2.24) is 5.32 Å². The molecule has 0 aliphatic carbocycles. The van der Waals surface area contributed by atoms with Crippen molar-refractivity contribution in [2.24, 2.45) is 0 Å². The molecule has 0 aromatic heterocycles. The van der Waals surface area contributed by atoms with Gasteiger partial charge in [0.1, 0.15) is 24.5 Å². The highest BCUT2D eigenvalue weighted by atomic mass is 16.6. The Morgan fingerprint density at radius 2 is 1.71 bits per heavy atom. The molecule has 2 aromatic rings. The summed E-state index contributed by atoms with van der Waals surface area (Å²) >= 11 is 0. The Hall–Kier alpha value is -3.86. The molecular formula is C23H24N2O6. The topological polar surface area (TPSA) is 115 Å². The number of carbonyl (C=O) groups is 3. The maximum atomic E-state index is 12.2. The minimum atomic E-state index is -0.947. The number of benzene rings is 2. The average Bonchev–Trinajstić information content (AvgIpc) is 2.80. The van der Waals surface area contributed by atoms with E-state index in [4.69, 9.17) is 19.5 Å². The molecule has 0 saturated heterocycles. The van der Waals surface area contributed by atoms with E-state index < -0.39 is 24.7 Å². The summed E-state index contributed by atoms with van der Waals surface area (Å²) in [5.74, 6) is -0.633. The Morgan fingerprint density at radius 3 is 2.35 bits per heavy atom. The molecule has 31 heavy (non-hydrogen) atoms. The summed E-state index contributed by atoms with van der Waals surface area (Å²) in [6.07, 6.45) is 0.313. The van der Waals surface area contributed by atoms with Crippen LogP contribution >= 0.6 is 0 Å². The van der Waals surface area contributed by atoms with Gasteiger partial charge >= 0.3 is 18.0 Å². The zero-order valence-electron chi connectivity index (χ0n) is 17.2. The van der Waals surface area contributed by atoms with Crippen LogP contribution < -0.4 is 10.1 Å². The number of nitriles is 1. The number of ether oxygens (including phenoxy) is 3. The number of hydrogen-bond donors (Lipinski definition) is 1. The number of nitrogens with zero attached hydrogens (tertiary/aromatic N) is 1. The number of amides is 1. The number of hydrogen-bond acceptors (Lipinski definition) is 7. The van der Waals surface area contributed by atoms with E-state index >= 15 is 0 Å². The molecule has 2 rings (SSSR count). The Labute approximate surface area is 180 Å². The number of alkyl carbamates (subject to hydrolysis) is 1. The van der Waals surface area contributed by atoms with E-state index in [0.29, 0.717) is 24.2 Å². The van der Waals surface area contributed by atoms with E-state index in [1.165, 1.54) is 0 Å². The maximum Gasteiger partial charge on any atom is 0.408 e. The van der Waals surface area contributed by atoms with Crippen molar-refractivity contribution in [2.75, 3.05) is 6.61 Å². The molecule has 8 nitrogen and oxygen atoms in total. The number of aryl methyl sites for hydroxylation is 1. The Balaban J connectivity index is 1.88. The molecular weight excluding hydrogens is 400 g/mol. The van der Waals surface area contributed by atoms with Crippen LogP contribution in [0.2, 0.25) is 0 Å². The number of nitrogens with one attached hydrogen (secondary N) is 1. The lowest BCUT2D eigenvalue weighted by Gasteiger charge is -2.17. The van der Waals surface area contributed by atoms with Crippen molar-refractivity contribution in [1.29, 1.82) is 5.26 Å². The molecule has 0 radical (unpaired) electrons. The van der Waals surface area contributed by atoms with Crippen LogP contribution in [0, 0.1) is 11.3 Å². The highest BCUT2D eigenvalue weighted by Gasteiger charge is 2.23. The van der Waals surface area contributed by atoms with E-state index in [9.17, 15) is 14.4 Å². The first-order valence-electron chi connectivity index (χ1n) is 9.82. The molecule has 0 saturated carbocycles. The zero-order chi connectivity index (χ0) is 22.5. The monoisotopic (exact) mass is 424 g/mol. The van der Waals surface area contributed by atoms with Crippen molar-refractivity contribution in [3.8, 4) is 11.8 Å². The smallest absolute Gasteiger partial charge is 0.408 e. The first-order chi connectivity index (χ1) is 15.0. The van der Waals surface area contributed by atoms with Gasteiger partial charge in [-0.15, -0.1) is 0 Å². The van der Waals surface area contributed by atoms with E-state index in [2.05, 4.69) is 5.32 Å². The van der Waals surface area contributed by atoms with E-state index in [1.807, 2.05) is 30.3 Å². The Kier molecular flexibility index (Phi) is 9.56. The maximum absolute atomic E-state index is 12.2. The van der Waals surface area contributed by atoms with Gasteiger partial charge in [-0.25, -0.2) is 9.59 Å². The molecule has 0 bridgehead atoms. The molecule has 0 heterocycles. The third kappa shape index (κ3) is 8.58. The summed E-state index contributed by atoms with van der Waals surface area (Å²) in [6.45, 7) is 1.27. The quantitative estimate of drug-likeness (QED) is 0.460. The van der Waals surface area contributed by atoms with E-state index in [1.54, 1.807) is 37.3 Å². The third-order valence-electron chi connectivity index (χ3n) is 4.23. The molecule has 8 heteroatoms. The summed E-state index contributed by atoms with van der Waals surface area (Å²) in [4.78, 5) is 35.7. The lowest BCUT2D eigenvalue weighted by atomic mass is 10.1. The largest absolute Gasteiger partial charge is 0.449 e. The molecule has 2 aromatic carbocycles. The first-order valence-corrected chi connectivity index (χ1v) is 9.82. The molecule has 1 atom stereocenters. The van der Waals surface area contributed by atoms with Crippen molar-refractivity contribution in [3.05, 3.63) is 65.7 Å². The van der Waals surface area contributed by atoms with Crippen LogP contribution in [0.3, 0.4) is 0 Å². The molecule has 1 N–H and O–H groups in total. The number of esters is 2. The fraction of sp³-hybridized carbons (Fsp3) is 0.304. The predicted octanol–water partition coefficient (Wildman–Crippen LogP) is 3.30. The second-order valence-corrected chi connectivity index (χ2v) is 6.53. The molecule has 0 spiro atoms. The minimum absolute atomic E-state index is 0.0352. The second kappa shape index (κ2) is 12.6. The Morgan fingerprint density at radius 1 is 1.00 bits per heavy atom. The van der Waals surface area contributed by atoms with Gasteiger partial charge in [0.15, 0.2) is 6.61 Å².